The SMILES string of the molecule is CN=C/C(=C\N)c1ccc(Cc2cc3c(c(C)c2Cl)OCCNC3=O)c(F)c1. The zero-order chi connectivity index (χ0) is 20.3. The first-order valence-electron chi connectivity index (χ1n) is 8.82. The van der Waals surface area contributed by atoms with Gasteiger partial charge in [0.1, 0.15) is 18.2 Å². The molecule has 0 spiro atoms. The van der Waals surface area contributed by atoms with Crippen LogP contribution in [0.1, 0.15) is 32.6 Å². The van der Waals surface area contributed by atoms with Gasteiger partial charge in [0.2, 0.25) is 0 Å². The van der Waals surface area contributed by atoms with Gasteiger partial charge in [-0.2, -0.15) is 0 Å². The van der Waals surface area contributed by atoms with Gasteiger partial charge in [0.05, 0.1) is 17.1 Å². The molecule has 1 heterocycles. The molecule has 2 aromatic rings. The summed E-state index contributed by atoms with van der Waals surface area (Å²) in [7, 11) is 1.62. The maximum atomic E-state index is 14.7. The lowest BCUT2D eigenvalue weighted by molar-refractivity contribution is 0.0957. The molecule has 146 valence electrons. The number of nitrogens with one attached hydrogen (secondary N) is 1. The van der Waals surface area contributed by atoms with E-state index in [1.54, 1.807) is 38.4 Å². The average molecular weight is 402 g/mol. The molecule has 0 saturated heterocycles. The first kappa shape index (κ1) is 19.9. The van der Waals surface area contributed by atoms with Gasteiger partial charge in [0, 0.05) is 37.0 Å². The molecule has 1 aliphatic heterocycles. The number of amides is 1. The van der Waals surface area contributed by atoms with Gasteiger partial charge in [-0.05, 0) is 35.7 Å². The van der Waals surface area contributed by atoms with Crippen LogP contribution < -0.4 is 15.8 Å². The Kier molecular flexibility index (Phi) is 5.99. The van der Waals surface area contributed by atoms with E-state index >= 15 is 0 Å². The minimum Gasteiger partial charge on any atom is -0.491 e. The van der Waals surface area contributed by atoms with Crippen LogP contribution in [0.25, 0.3) is 5.57 Å². The molecule has 3 N–H and O–H groups in total. The fourth-order valence-electron chi connectivity index (χ4n) is 3.17. The third kappa shape index (κ3) is 3.87. The summed E-state index contributed by atoms with van der Waals surface area (Å²) in [5.41, 5.74) is 9.06. The molecule has 0 atom stereocenters. The highest BCUT2D eigenvalue weighted by molar-refractivity contribution is 6.32. The van der Waals surface area contributed by atoms with Crippen molar-refractivity contribution in [3.63, 3.8) is 0 Å². The van der Waals surface area contributed by atoms with Crippen LogP contribution in [0.2, 0.25) is 5.02 Å². The van der Waals surface area contributed by atoms with Crippen molar-refractivity contribution in [2.45, 2.75) is 13.3 Å². The summed E-state index contributed by atoms with van der Waals surface area (Å²) in [4.78, 5) is 16.2. The van der Waals surface area contributed by atoms with E-state index in [1.165, 1.54) is 12.3 Å². The highest BCUT2D eigenvalue weighted by Crippen LogP contribution is 2.35. The number of aliphatic imine (C=N–C) groups is 1. The van der Waals surface area contributed by atoms with Crippen LogP contribution in [0.15, 0.2) is 35.5 Å². The zero-order valence-electron chi connectivity index (χ0n) is 15.7. The van der Waals surface area contributed by atoms with Gasteiger partial charge in [-0.15, -0.1) is 0 Å². The second-order valence-electron chi connectivity index (χ2n) is 6.45. The maximum Gasteiger partial charge on any atom is 0.255 e. The van der Waals surface area contributed by atoms with Crippen molar-refractivity contribution in [1.29, 1.82) is 0 Å². The molecule has 0 unspecified atom stereocenters. The predicted octanol–water partition coefficient (Wildman–Crippen LogP) is 3.50. The summed E-state index contributed by atoms with van der Waals surface area (Å²) in [5, 5.41) is 3.25. The Morgan fingerprint density at radius 2 is 2.18 bits per heavy atom. The number of benzene rings is 2. The van der Waals surface area contributed by atoms with Crippen molar-refractivity contribution < 1.29 is 13.9 Å². The lowest BCUT2D eigenvalue weighted by Crippen LogP contribution is -2.24. The number of nitrogens with two attached hydrogens (primary N) is 1. The van der Waals surface area contributed by atoms with Crippen molar-refractivity contribution in [2.24, 2.45) is 10.7 Å². The van der Waals surface area contributed by atoms with Gasteiger partial charge in [-0.25, -0.2) is 4.39 Å². The molecule has 1 aliphatic rings. The molecule has 0 fully saturated rings. The molecule has 0 aliphatic carbocycles. The first-order valence-corrected chi connectivity index (χ1v) is 9.19. The minimum absolute atomic E-state index is 0.221. The summed E-state index contributed by atoms with van der Waals surface area (Å²) >= 11 is 6.50. The predicted molar refractivity (Wildman–Crippen MR) is 110 cm³/mol. The smallest absolute Gasteiger partial charge is 0.255 e. The van der Waals surface area contributed by atoms with Crippen molar-refractivity contribution in [3.05, 3.63) is 69.1 Å². The van der Waals surface area contributed by atoms with Gasteiger partial charge in [-0.3, -0.25) is 9.79 Å². The molecule has 0 saturated carbocycles. The van der Waals surface area contributed by atoms with Crippen LogP contribution in [0.4, 0.5) is 4.39 Å². The van der Waals surface area contributed by atoms with E-state index < -0.39 is 0 Å². The van der Waals surface area contributed by atoms with Crippen LogP contribution in [0.5, 0.6) is 5.75 Å². The highest BCUT2D eigenvalue weighted by Gasteiger charge is 2.23. The van der Waals surface area contributed by atoms with Crippen LogP contribution in [0.3, 0.4) is 0 Å². The monoisotopic (exact) mass is 401 g/mol. The lowest BCUT2D eigenvalue weighted by Gasteiger charge is -2.15. The van der Waals surface area contributed by atoms with Gasteiger partial charge >= 0.3 is 0 Å². The standard InChI is InChI=1S/C21H21ClFN3O2/c1-12-19(22)15(8-17-20(12)28-6-5-26-21(17)27)7-14-4-3-13(9-18(14)23)16(10-24)11-25-2/h3-4,8-11H,5-7,24H2,1-2H3,(H,26,27)/b16-10+,25-11?. The summed E-state index contributed by atoms with van der Waals surface area (Å²) in [5.74, 6) is -0.122. The van der Waals surface area contributed by atoms with Gasteiger partial charge in [-0.1, -0.05) is 23.7 Å². The van der Waals surface area contributed by atoms with Gasteiger partial charge in [0.25, 0.3) is 5.91 Å². The summed E-state index contributed by atoms with van der Waals surface area (Å²) in [6, 6.07) is 6.55. The third-order valence-corrected chi connectivity index (χ3v) is 5.13. The number of carbonyl (C=O) groups excluding carboxylic acids is 1. The summed E-state index contributed by atoms with van der Waals surface area (Å²) in [6.45, 7) is 2.60. The number of rotatable bonds is 4. The fourth-order valence-corrected chi connectivity index (χ4v) is 3.38. The van der Waals surface area contributed by atoms with E-state index in [0.29, 0.717) is 57.3 Å². The molecule has 1 amide bonds. The second-order valence-corrected chi connectivity index (χ2v) is 6.83. The number of ether oxygens (including phenoxy) is 1. The van der Waals surface area contributed by atoms with Crippen LogP contribution >= 0.6 is 11.6 Å². The molecule has 28 heavy (non-hydrogen) atoms. The molecule has 7 heteroatoms. The zero-order valence-corrected chi connectivity index (χ0v) is 16.4. The Labute approximate surface area is 168 Å². The van der Waals surface area contributed by atoms with E-state index in [2.05, 4.69) is 10.3 Å². The fraction of sp³-hybridized carbons (Fsp3) is 0.238. The van der Waals surface area contributed by atoms with E-state index in [1.807, 2.05) is 0 Å². The van der Waals surface area contributed by atoms with E-state index in [4.69, 9.17) is 22.1 Å². The summed E-state index contributed by atoms with van der Waals surface area (Å²) in [6.07, 6.45) is 3.20. The Balaban J connectivity index is 1.98. The topological polar surface area (TPSA) is 76.7 Å². The van der Waals surface area contributed by atoms with E-state index in [-0.39, 0.29) is 18.1 Å². The van der Waals surface area contributed by atoms with E-state index in [9.17, 15) is 9.18 Å². The van der Waals surface area contributed by atoms with E-state index in [0.717, 1.165) is 0 Å². The van der Waals surface area contributed by atoms with Crippen LogP contribution in [-0.2, 0) is 6.42 Å². The quantitative estimate of drug-likeness (QED) is 0.770. The summed E-state index contributed by atoms with van der Waals surface area (Å²) < 4.78 is 20.4. The highest BCUT2D eigenvalue weighted by atomic mass is 35.5. The molecule has 0 radical (unpaired) electrons. The van der Waals surface area contributed by atoms with Crippen molar-refractivity contribution in [1.82, 2.24) is 5.32 Å². The lowest BCUT2D eigenvalue weighted by atomic mass is 9.96. The maximum absolute atomic E-state index is 14.7. The molecular formula is C21H21ClFN3O2. The molecule has 2 aromatic carbocycles. The number of halogens is 2. The number of fused-ring (bicyclic) bond motifs is 1. The van der Waals surface area contributed by atoms with Crippen LogP contribution in [0, 0.1) is 12.7 Å². The van der Waals surface area contributed by atoms with Crippen molar-refractivity contribution in [3.8, 4) is 5.75 Å². The Morgan fingerprint density at radius 1 is 1.39 bits per heavy atom. The number of hydrogen-bond acceptors (Lipinski definition) is 4. The number of allylic oxidation sites excluding steroid dienone is 1. The molecular weight excluding hydrogens is 381 g/mol. The average Bonchev–Trinajstić information content (AvgIpc) is 2.87. The normalized spacial score (nSPS) is 14.4. The molecule has 3 rings (SSSR count). The van der Waals surface area contributed by atoms with Crippen LogP contribution in [-0.4, -0.2) is 32.3 Å². The molecule has 5 nitrogen and oxygen atoms in total. The molecule has 0 aromatic heterocycles. The molecule has 0 bridgehead atoms. The van der Waals surface area contributed by atoms with Crippen molar-refractivity contribution >= 4 is 29.3 Å². The second kappa shape index (κ2) is 8.44. The minimum atomic E-state index is -0.384. The number of nitrogens with zero attached hydrogens (tertiary/aromatic N) is 1. The Morgan fingerprint density at radius 3 is 2.86 bits per heavy atom. The van der Waals surface area contributed by atoms with Crippen molar-refractivity contribution in [2.75, 3.05) is 20.2 Å². The first-order chi connectivity index (χ1) is 13.5. The largest absolute Gasteiger partial charge is 0.491 e. The number of carbonyl (C=O) groups is 1. The van der Waals surface area contributed by atoms with Gasteiger partial charge in [0.15, 0.2) is 0 Å². The number of hydrogen-bond donors (Lipinski definition) is 2. The van der Waals surface area contributed by atoms with Gasteiger partial charge < -0.3 is 15.8 Å². The third-order valence-electron chi connectivity index (χ3n) is 4.61. The Hall–Kier alpha value is -2.86. The Bertz CT molecular complexity index is 986.